The minimum Gasteiger partial charge on any atom is -0.495 e. The van der Waals surface area contributed by atoms with Gasteiger partial charge in [-0.2, -0.15) is 13.2 Å². The molecule has 1 unspecified atom stereocenters. The van der Waals surface area contributed by atoms with E-state index in [0.717, 1.165) is 0 Å². The van der Waals surface area contributed by atoms with Gasteiger partial charge in [-0.05, 0) is 10.4 Å². The van der Waals surface area contributed by atoms with Crippen LogP contribution >= 0.6 is 0 Å². The normalized spacial score (nSPS) is 14.5. The van der Waals surface area contributed by atoms with Gasteiger partial charge < -0.3 is 16.2 Å². The molecule has 0 saturated carbocycles. The summed E-state index contributed by atoms with van der Waals surface area (Å²) in [5, 5.41) is 25.7. The van der Waals surface area contributed by atoms with Gasteiger partial charge in [0.05, 0.1) is 5.92 Å². The lowest BCUT2D eigenvalue weighted by molar-refractivity contribution is -0.143. The summed E-state index contributed by atoms with van der Waals surface area (Å²) in [6, 6.07) is 0. The quantitative estimate of drug-likeness (QED) is 0.417. The summed E-state index contributed by atoms with van der Waals surface area (Å²) >= 11 is 0. The Labute approximate surface area is 114 Å². The van der Waals surface area contributed by atoms with Crippen LogP contribution in [0.1, 0.15) is 18.2 Å². The van der Waals surface area contributed by atoms with Crippen molar-refractivity contribution in [2.24, 2.45) is 5.73 Å². The SMILES string of the molecule is N=C(/C=C(/N)O)C(CC(F)F)c1nnnn1CC(F)(F)F. The van der Waals surface area contributed by atoms with Gasteiger partial charge in [0.2, 0.25) is 6.43 Å². The molecule has 1 aromatic rings. The zero-order valence-electron chi connectivity index (χ0n) is 10.3. The van der Waals surface area contributed by atoms with Crippen LogP contribution in [0.4, 0.5) is 22.0 Å². The molecule has 0 aliphatic carbocycles. The lowest BCUT2D eigenvalue weighted by Crippen LogP contribution is -2.25. The second kappa shape index (κ2) is 6.45. The third-order valence-electron chi connectivity index (χ3n) is 2.29. The van der Waals surface area contributed by atoms with Gasteiger partial charge in [0.1, 0.15) is 6.54 Å². The van der Waals surface area contributed by atoms with Gasteiger partial charge in [-0.3, -0.25) is 0 Å². The van der Waals surface area contributed by atoms with Crippen LogP contribution in [-0.2, 0) is 6.54 Å². The Morgan fingerprint density at radius 3 is 2.52 bits per heavy atom. The number of nitrogens with zero attached hydrogens (tertiary/aromatic N) is 4. The van der Waals surface area contributed by atoms with E-state index in [9.17, 15) is 22.0 Å². The van der Waals surface area contributed by atoms with E-state index in [4.69, 9.17) is 16.2 Å². The van der Waals surface area contributed by atoms with Crippen LogP contribution < -0.4 is 5.73 Å². The van der Waals surface area contributed by atoms with E-state index in [2.05, 4.69) is 15.5 Å². The number of nitrogens with one attached hydrogen (secondary N) is 1. The highest BCUT2D eigenvalue weighted by atomic mass is 19.4. The number of alkyl halides is 5. The van der Waals surface area contributed by atoms with Crippen molar-refractivity contribution in [1.82, 2.24) is 20.2 Å². The van der Waals surface area contributed by atoms with Gasteiger partial charge in [0.15, 0.2) is 11.7 Å². The molecular formula is C9H11F5N6O. The number of aliphatic hydroxyl groups excluding tert-OH is 1. The van der Waals surface area contributed by atoms with Crippen molar-refractivity contribution in [2.45, 2.75) is 31.5 Å². The number of hydrogen-bond donors (Lipinski definition) is 3. The standard InChI is InChI=1S/C9H11F5N6O/c10-6(11)1-4(5(15)2-7(16)21)8-17-18-19-20(8)3-9(12,13)14/h2,4,6,15,21H,1,3,16H2/b7-2-,15-5?. The first-order valence-electron chi connectivity index (χ1n) is 5.45. The largest absolute Gasteiger partial charge is 0.495 e. The van der Waals surface area contributed by atoms with Crippen molar-refractivity contribution in [3.05, 3.63) is 17.8 Å². The molecule has 7 nitrogen and oxygen atoms in total. The van der Waals surface area contributed by atoms with Crippen LogP contribution in [0.25, 0.3) is 0 Å². The predicted molar refractivity (Wildman–Crippen MR) is 59.9 cm³/mol. The van der Waals surface area contributed by atoms with E-state index in [1.54, 1.807) is 0 Å². The van der Waals surface area contributed by atoms with E-state index in [1.807, 2.05) is 0 Å². The number of nitrogens with two attached hydrogens (primary N) is 1. The molecule has 0 aliphatic heterocycles. The highest BCUT2D eigenvalue weighted by Gasteiger charge is 2.33. The average molecular weight is 314 g/mol. The monoisotopic (exact) mass is 314 g/mol. The molecule has 118 valence electrons. The smallest absolute Gasteiger partial charge is 0.408 e. The summed E-state index contributed by atoms with van der Waals surface area (Å²) in [4.78, 5) is 0. The number of tetrazole rings is 1. The molecule has 0 aromatic carbocycles. The Morgan fingerprint density at radius 1 is 1.43 bits per heavy atom. The maximum atomic E-state index is 12.5. The molecule has 0 fully saturated rings. The molecule has 0 amide bonds. The summed E-state index contributed by atoms with van der Waals surface area (Å²) in [5.74, 6) is -2.93. The molecule has 1 aromatic heterocycles. The molecule has 21 heavy (non-hydrogen) atoms. The first-order chi connectivity index (χ1) is 9.60. The third kappa shape index (κ3) is 5.31. The molecule has 0 aliphatic rings. The first kappa shape index (κ1) is 16.8. The van der Waals surface area contributed by atoms with E-state index in [-0.39, 0.29) is 4.68 Å². The fourth-order valence-electron chi connectivity index (χ4n) is 1.55. The molecule has 4 N–H and O–H groups in total. The lowest BCUT2D eigenvalue weighted by atomic mass is 9.98. The molecule has 1 atom stereocenters. The van der Waals surface area contributed by atoms with Crippen LogP contribution in [0.3, 0.4) is 0 Å². The molecule has 1 heterocycles. The van der Waals surface area contributed by atoms with Gasteiger partial charge in [-0.25, -0.2) is 13.5 Å². The maximum absolute atomic E-state index is 12.5. The van der Waals surface area contributed by atoms with Gasteiger partial charge in [-0.15, -0.1) is 5.10 Å². The minimum atomic E-state index is -4.66. The topological polar surface area (TPSA) is 114 Å². The van der Waals surface area contributed by atoms with Crippen LogP contribution in [-0.4, -0.2) is 43.6 Å². The lowest BCUT2D eigenvalue weighted by Gasteiger charge is -2.16. The predicted octanol–water partition coefficient (Wildman–Crippen LogP) is 1.35. The summed E-state index contributed by atoms with van der Waals surface area (Å²) < 4.78 is 62.4. The Kier molecular flexibility index (Phi) is 5.16. The van der Waals surface area contributed by atoms with Crippen molar-refractivity contribution >= 4 is 5.71 Å². The van der Waals surface area contributed by atoms with Gasteiger partial charge in [0.25, 0.3) is 0 Å². The zero-order valence-corrected chi connectivity index (χ0v) is 10.3. The average Bonchev–Trinajstić information content (AvgIpc) is 2.69. The number of halogens is 5. The van der Waals surface area contributed by atoms with Crippen molar-refractivity contribution in [2.75, 3.05) is 0 Å². The Hall–Kier alpha value is -2.27. The Morgan fingerprint density at radius 2 is 2.05 bits per heavy atom. The molecule has 1 rings (SSSR count). The van der Waals surface area contributed by atoms with E-state index < -0.39 is 48.9 Å². The van der Waals surface area contributed by atoms with E-state index in [0.29, 0.717) is 6.08 Å². The van der Waals surface area contributed by atoms with Crippen molar-refractivity contribution in [3.8, 4) is 0 Å². The number of aromatic nitrogens is 4. The van der Waals surface area contributed by atoms with Crippen LogP contribution in [0.5, 0.6) is 0 Å². The van der Waals surface area contributed by atoms with Gasteiger partial charge >= 0.3 is 6.18 Å². The molecule has 0 saturated heterocycles. The van der Waals surface area contributed by atoms with E-state index >= 15 is 0 Å². The minimum absolute atomic E-state index is 0.281. The van der Waals surface area contributed by atoms with Crippen LogP contribution in [0.2, 0.25) is 0 Å². The molecule has 12 heteroatoms. The second-order valence-corrected chi connectivity index (χ2v) is 4.01. The number of hydrogen-bond acceptors (Lipinski definition) is 6. The highest BCUT2D eigenvalue weighted by Crippen LogP contribution is 2.25. The number of allylic oxidation sites excluding steroid dienone is 1. The van der Waals surface area contributed by atoms with E-state index in [1.165, 1.54) is 0 Å². The number of aliphatic hydroxyl groups is 1. The van der Waals surface area contributed by atoms with Crippen molar-refractivity contribution < 1.29 is 27.1 Å². The van der Waals surface area contributed by atoms with Crippen molar-refractivity contribution in [3.63, 3.8) is 0 Å². The molecule has 0 bridgehead atoms. The molecule has 0 spiro atoms. The third-order valence-corrected chi connectivity index (χ3v) is 2.29. The maximum Gasteiger partial charge on any atom is 0.408 e. The second-order valence-electron chi connectivity index (χ2n) is 4.01. The summed E-state index contributed by atoms with van der Waals surface area (Å²) in [7, 11) is 0. The highest BCUT2D eigenvalue weighted by molar-refractivity contribution is 5.97. The number of rotatable bonds is 6. The van der Waals surface area contributed by atoms with Gasteiger partial charge in [-0.1, -0.05) is 0 Å². The Bertz CT molecular complexity index is 521. The first-order valence-corrected chi connectivity index (χ1v) is 5.45. The zero-order chi connectivity index (χ0) is 16.2. The fourth-order valence-corrected chi connectivity index (χ4v) is 1.55. The fraction of sp³-hybridized carbons (Fsp3) is 0.556. The summed E-state index contributed by atoms with van der Waals surface area (Å²) in [6.45, 7) is -1.58. The van der Waals surface area contributed by atoms with Gasteiger partial charge in [0, 0.05) is 18.2 Å². The molecule has 0 radical (unpaired) electrons. The molecular weight excluding hydrogens is 303 g/mol. The Balaban J connectivity index is 3.13. The summed E-state index contributed by atoms with van der Waals surface area (Å²) in [6.07, 6.45) is -7.92. The van der Waals surface area contributed by atoms with Crippen molar-refractivity contribution in [1.29, 1.82) is 5.41 Å². The summed E-state index contributed by atoms with van der Waals surface area (Å²) in [5.41, 5.74) is 4.27. The van der Waals surface area contributed by atoms with Crippen LogP contribution in [0, 0.1) is 5.41 Å². The van der Waals surface area contributed by atoms with Crippen LogP contribution in [0.15, 0.2) is 12.0 Å².